The second-order valence-electron chi connectivity index (χ2n) is 5.32. The lowest BCUT2D eigenvalue weighted by atomic mass is 10.1. The second kappa shape index (κ2) is 5.02. The SMILES string of the molecule is Cc1cccc(-c2nc(C(C)C)c3c(Br)c[nH]c3n2)c1. The van der Waals surface area contributed by atoms with Crippen molar-refractivity contribution in [1.82, 2.24) is 15.0 Å². The van der Waals surface area contributed by atoms with Crippen LogP contribution in [0, 0.1) is 6.92 Å². The van der Waals surface area contributed by atoms with E-state index in [0.29, 0.717) is 5.92 Å². The molecule has 0 atom stereocenters. The molecule has 0 fully saturated rings. The van der Waals surface area contributed by atoms with Gasteiger partial charge in [0.25, 0.3) is 0 Å². The van der Waals surface area contributed by atoms with Gasteiger partial charge < -0.3 is 4.98 Å². The smallest absolute Gasteiger partial charge is 0.161 e. The van der Waals surface area contributed by atoms with Crippen LogP contribution in [0.4, 0.5) is 0 Å². The quantitative estimate of drug-likeness (QED) is 0.732. The maximum Gasteiger partial charge on any atom is 0.161 e. The number of aryl methyl sites for hydroxylation is 1. The Kier molecular flexibility index (Phi) is 3.34. The van der Waals surface area contributed by atoms with Crippen molar-refractivity contribution in [2.75, 3.05) is 0 Å². The molecular weight excluding hydrogens is 314 g/mol. The number of halogens is 1. The zero-order valence-electron chi connectivity index (χ0n) is 11.7. The Hall–Kier alpha value is -1.68. The van der Waals surface area contributed by atoms with Crippen LogP contribution in [0.1, 0.15) is 31.0 Å². The number of rotatable bonds is 2. The van der Waals surface area contributed by atoms with E-state index in [1.165, 1.54) is 5.56 Å². The number of nitrogens with one attached hydrogen (secondary N) is 1. The number of aromatic amines is 1. The minimum atomic E-state index is 0.344. The molecule has 0 saturated heterocycles. The summed E-state index contributed by atoms with van der Waals surface area (Å²) in [4.78, 5) is 12.6. The van der Waals surface area contributed by atoms with Crippen molar-refractivity contribution in [1.29, 1.82) is 0 Å². The molecule has 1 aromatic carbocycles. The number of hydrogen-bond acceptors (Lipinski definition) is 2. The van der Waals surface area contributed by atoms with Crippen LogP contribution in [0.25, 0.3) is 22.4 Å². The molecule has 2 heterocycles. The molecule has 0 bridgehead atoms. The Labute approximate surface area is 126 Å². The Bertz CT molecular complexity index is 774. The molecule has 1 N–H and O–H groups in total. The standard InChI is InChI=1S/C16H16BrN3/c1-9(2)14-13-12(17)8-18-16(13)20-15(19-14)11-6-4-5-10(3)7-11/h4-9H,1-3H3,(H,18,19,20). The van der Waals surface area contributed by atoms with Crippen molar-refractivity contribution in [2.24, 2.45) is 0 Å². The molecule has 3 aromatic rings. The topological polar surface area (TPSA) is 41.6 Å². The minimum Gasteiger partial charge on any atom is -0.345 e. The van der Waals surface area contributed by atoms with Crippen LogP contribution in [0.2, 0.25) is 0 Å². The fourth-order valence-corrected chi connectivity index (χ4v) is 2.86. The molecule has 0 aliphatic heterocycles. The lowest BCUT2D eigenvalue weighted by Crippen LogP contribution is -1.99. The van der Waals surface area contributed by atoms with Gasteiger partial charge >= 0.3 is 0 Å². The van der Waals surface area contributed by atoms with Crippen LogP contribution in [0.3, 0.4) is 0 Å². The van der Waals surface area contributed by atoms with Gasteiger partial charge in [-0.15, -0.1) is 0 Å². The van der Waals surface area contributed by atoms with E-state index in [4.69, 9.17) is 4.98 Å². The largest absolute Gasteiger partial charge is 0.345 e. The molecule has 0 aliphatic rings. The van der Waals surface area contributed by atoms with E-state index in [1.54, 1.807) is 0 Å². The highest BCUT2D eigenvalue weighted by Gasteiger charge is 2.15. The van der Waals surface area contributed by atoms with Crippen molar-refractivity contribution in [3.8, 4) is 11.4 Å². The van der Waals surface area contributed by atoms with Crippen molar-refractivity contribution in [2.45, 2.75) is 26.7 Å². The number of aromatic nitrogens is 3. The van der Waals surface area contributed by atoms with Crippen LogP contribution >= 0.6 is 15.9 Å². The predicted molar refractivity (Wildman–Crippen MR) is 85.9 cm³/mol. The molecule has 3 nitrogen and oxygen atoms in total. The number of hydrogen-bond donors (Lipinski definition) is 1. The highest BCUT2D eigenvalue weighted by Crippen LogP contribution is 2.31. The summed E-state index contributed by atoms with van der Waals surface area (Å²) in [7, 11) is 0. The summed E-state index contributed by atoms with van der Waals surface area (Å²) in [6.45, 7) is 6.39. The van der Waals surface area contributed by atoms with Gasteiger partial charge in [-0.25, -0.2) is 9.97 Å². The van der Waals surface area contributed by atoms with E-state index in [2.05, 4.69) is 64.9 Å². The van der Waals surface area contributed by atoms with Gasteiger partial charge in [0, 0.05) is 16.2 Å². The van der Waals surface area contributed by atoms with Crippen LogP contribution in [0.5, 0.6) is 0 Å². The summed E-state index contributed by atoms with van der Waals surface area (Å²) in [5, 5.41) is 1.08. The minimum absolute atomic E-state index is 0.344. The molecule has 0 spiro atoms. The number of benzene rings is 1. The van der Waals surface area contributed by atoms with Gasteiger partial charge in [-0.3, -0.25) is 0 Å². The first kappa shape index (κ1) is 13.3. The van der Waals surface area contributed by atoms with E-state index in [0.717, 1.165) is 32.6 Å². The first-order valence-electron chi connectivity index (χ1n) is 6.68. The highest BCUT2D eigenvalue weighted by atomic mass is 79.9. The fraction of sp³-hybridized carbons (Fsp3) is 0.250. The third kappa shape index (κ3) is 2.24. The maximum atomic E-state index is 4.78. The Morgan fingerprint density at radius 1 is 1.20 bits per heavy atom. The predicted octanol–water partition coefficient (Wildman–Crippen LogP) is 4.82. The lowest BCUT2D eigenvalue weighted by Gasteiger charge is -2.10. The van der Waals surface area contributed by atoms with Gasteiger partial charge in [0.15, 0.2) is 5.82 Å². The van der Waals surface area contributed by atoms with Crippen molar-refractivity contribution in [3.63, 3.8) is 0 Å². The summed E-state index contributed by atoms with van der Waals surface area (Å²) < 4.78 is 1.02. The highest BCUT2D eigenvalue weighted by molar-refractivity contribution is 9.10. The fourth-order valence-electron chi connectivity index (χ4n) is 2.35. The zero-order chi connectivity index (χ0) is 14.3. The summed E-state index contributed by atoms with van der Waals surface area (Å²) in [6.07, 6.45) is 1.92. The second-order valence-corrected chi connectivity index (χ2v) is 6.17. The zero-order valence-corrected chi connectivity index (χ0v) is 13.3. The number of nitrogens with zero attached hydrogens (tertiary/aromatic N) is 2. The Morgan fingerprint density at radius 3 is 2.70 bits per heavy atom. The monoisotopic (exact) mass is 329 g/mol. The molecular formula is C16H16BrN3. The van der Waals surface area contributed by atoms with Gasteiger partial charge in [0.1, 0.15) is 5.65 Å². The molecule has 102 valence electrons. The normalized spacial score (nSPS) is 11.4. The molecule has 0 radical (unpaired) electrons. The van der Waals surface area contributed by atoms with E-state index in [1.807, 2.05) is 12.3 Å². The molecule has 20 heavy (non-hydrogen) atoms. The summed E-state index contributed by atoms with van der Waals surface area (Å²) in [5.41, 5.74) is 4.22. The van der Waals surface area contributed by atoms with Gasteiger partial charge in [-0.2, -0.15) is 0 Å². The third-order valence-corrected chi connectivity index (χ3v) is 3.96. The van der Waals surface area contributed by atoms with Crippen molar-refractivity contribution < 1.29 is 0 Å². The summed E-state index contributed by atoms with van der Waals surface area (Å²) in [6, 6.07) is 8.29. The van der Waals surface area contributed by atoms with Gasteiger partial charge in [-0.1, -0.05) is 37.6 Å². The average molecular weight is 330 g/mol. The summed E-state index contributed by atoms with van der Waals surface area (Å²) in [5.74, 6) is 1.12. The molecule has 0 unspecified atom stereocenters. The van der Waals surface area contributed by atoms with Gasteiger partial charge in [0.05, 0.1) is 11.1 Å². The van der Waals surface area contributed by atoms with Gasteiger partial charge in [-0.05, 0) is 34.8 Å². The molecule has 0 amide bonds. The van der Waals surface area contributed by atoms with Crippen molar-refractivity contribution >= 4 is 27.0 Å². The first-order valence-corrected chi connectivity index (χ1v) is 7.47. The van der Waals surface area contributed by atoms with Gasteiger partial charge in [0.2, 0.25) is 0 Å². The van der Waals surface area contributed by atoms with Crippen LogP contribution in [0.15, 0.2) is 34.9 Å². The average Bonchev–Trinajstić information content (AvgIpc) is 2.79. The Balaban J connectivity index is 2.28. The van der Waals surface area contributed by atoms with Crippen LogP contribution < -0.4 is 0 Å². The molecule has 2 aromatic heterocycles. The summed E-state index contributed by atoms with van der Waals surface area (Å²) >= 11 is 3.57. The van der Waals surface area contributed by atoms with E-state index >= 15 is 0 Å². The molecule has 4 heteroatoms. The number of fused-ring (bicyclic) bond motifs is 1. The Morgan fingerprint density at radius 2 is 2.00 bits per heavy atom. The van der Waals surface area contributed by atoms with Crippen LogP contribution in [-0.2, 0) is 0 Å². The maximum absolute atomic E-state index is 4.78. The molecule has 0 saturated carbocycles. The third-order valence-electron chi connectivity index (χ3n) is 3.33. The molecule has 0 aliphatic carbocycles. The number of H-pyrrole nitrogens is 1. The van der Waals surface area contributed by atoms with E-state index in [-0.39, 0.29) is 0 Å². The van der Waals surface area contributed by atoms with Crippen LogP contribution in [-0.4, -0.2) is 15.0 Å². The lowest BCUT2D eigenvalue weighted by molar-refractivity contribution is 0.830. The van der Waals surface area contributed by atoms with E-state index in [9.17, 15) is 0 Å². The molecule has 3 rings (SSSR count). The van der Waals surface area contributed by atoms with E-state index < -0.39 is 0 Å². The van der Waals surface area contributed by atoms with Crippen molar-refractivity contribution in [3.05, 3.63) is 46.2 Å². The first-order chi connectivity index (χ1) is 9.56.